The highest BCUT2D eigenvalue weighted by Crippen LogP contribution is 2.24. The summed E-state index contributed by atoms with van der Waals surface area (Å²) in [5.74, 6) is 0.937. The molecule has 3 rings (SSSR count). The maximum absolute atomic E-state index is 13.2. The van der Waals surface area contributed by atoms with E-state index in [1.54, 1.807) is 6.07 Å². The lowest BCUT2D eigenvalue weighted by Gasteiger charge is -2.27. The van der Waals surface area contributed by atoms with Gasteiger partial charge in [-0.1, -0.05) is 11.6 Å². The van der Waals surface area contributed by atoms with Gasteiger partial charge in [0, 0.05) is 23.8 Å². The Morgan fingerprint density at radius 3 is 2.57 bits per heavy atom. The van der Waals surface area contributed by atoms with E-state index in [0.717, 1.165) is 31.5 Å². The summed E-state index contributed by atoms with van der Waals surface area (Å²) in [5.41, 5.74) is 6.59. The van der Waals surface area contributed by atoms with E-state index in [1.807, 2.05) is 6.07 Å². The first kappa shape index (κ1) is 16.0. The summed E-state index contributed by atoms with van der Waals surface area (Å²) in [6, 6.07) is 6.98. The van der Waals surface area contributed by atoms with Crippen molar-refractivity contribution in [2.24, 2.45) is 5.73 Å². The zero-order valence-corrected chi connectivity index (χ0v) is 13.4. The molecule has 0 amide bonds. The molecule has 1 heterocycles. The quantitative estimate of drug-likeness (QED) is 0.794. The molecule has 1 fully saturated rings. The van der Waals surface area contributed by atoms with Crippen LogP contribution in [0.1, 0.15) is 25.7 Å². The lowest BCUT2D eigenvalue weighted by atomic mass is 9.92. The van der Waals surface area contributed by atoms with Gasteiger partial charge in [0.05, 0.1) is 5.02 Å². The average molecular weight is 336 g/mol. The van der Waals surface area contributed by atoms with E-state index in [2.05, 4.69) is 20.6 Å². The van der Waals surface area contributed by atoms with Gasteiger partial charge in [0.25, 0.3) is 0 Å². The largest absolute Gasteiger partial charge is 0.367 e. The minimum atomic E-state index is -0.447. The number of nitrogens with two attached hydrogens (primary N) is 1. The molecule has 0 bridgehead atoms. The zero-order chi connectivity index (χ0) is 16.2. The highest BCUT2D eigenvalue weighted by atomic mass is 35.5. The first-order valence-corrected chi connectivity index (χ1v) is 8.04. The van der Waals surface area contributed by atoms with Crippen LogP contribution in [0.4, 0.5) is 21.7 Å². The first-order chi connectivity index (χ1) is 11.1. The van der Waals surface area contributed by atoms with Crippen molar-refractivity contribution in [3.63, 3.8) is 0 Å². The molecule has 2 aromatic rings. The number of anilines is 3. The maximum atomic E-state index is 13.2. The molecule has 7 heteroatoms. The minimum Gasteiger partial charge on any atom is -0.367 e. The molecule has 1 aliphatic carbocycles. The summed E-state index contributed by atoms with van der Waals surface area (Å²) in [6.07, 6.45) is 5.64. The number of nitrogens with zero attached hydrogens (tertiary/aromatic N) is 2. The van der Waals surface area contributed by atoms with Crippen molar-refractivity contribution in [3.8, 4) is 0 Å². The van der Waals surface area contributed by atoms with Gasteiger partial charge < -0.3 is 16.4 Å². The predicted octanol–water partition coefficient (Wildman–Crippen LogP) is 3.69. The standard InChI is InChI=1S/C16H19ClFN5/c17-13-7-12(5-6-14(13)18)23-16-8-15(20-9-21-16)22-11-3-1-10(19)2-4-11/h5-11H,1-4,19H2,(H2,20,21,22,23). The number of hydrogen-bond donors (Lipinski definition) is 3. The topological polar surface area (TPSA) is 75.9 Å². The molecule has 1 aromatic heterocycles. The van der Waals surface area contributed by atoms with Gasteiger partial charge in [0.1, 0.15) is 23.8 Å². The second kappa shape index (κ2) is 7.10. The predicted molar refractivity (Wildman–Crippen MR) is 90.6 cm³/mol. The van der Waals surface area contributed by atoms with Crippen LogP contribution in [0, 0.1) is 5.82 Å². The molecular formula is C16H19ClFN5. The van der Waals surface area contributed by atoms with Crippen LogP contribution in [0.15, 0.2) is 30.6 Å². The van der Waals surface area contributed by atoms with Crippen LogP contribution in [0.5, 0.6) is 0 Å². The molecule has 0 radical (unpaired) electrons. The Balaban J connectivity index is 1.66. The Hall–Kier alpha value is -1.92. The van der Waals surface area contributed by atoms with Crippen LogP contribution in [-0.2, 0) is 0 Å². The summed E-state index contributed by atoms with van der Waals surface area (Å²) in [4.78, 5) is 8.42. The van der Waals surface area contributed by atoms with Crippen molar-refractivity contribution in [1.82, 2.24) is 9.97 Å². The molecule has 1 saturated carbocycles. The highest BCUT2D eigenvalue weighted by Gasteiger charge is 2.18. The highest BCUT2D eigenvalue weighted by molar-refractivity contribution is 6.31. The van der Waals surface area contributed by atoms with Gasteiger partial charge in [-0.25, -0.2) is 14.4 Å². The Morgan fingerprint density at radius 1 is 1.09 bits per heavy atom. The molecule has 0 atom stereocenters. The van der Waals surface area contributed by atoms with Crippen LogP contribution in [0.25, 0.3) is 0 Å². The number of hydrogen-bond acceptors (Lipinski definition) is 5. The number of benzene rings is 1. The fourth-order valence-electron chi connectivity index (χ4n) is 2.70. The Labute approximate surface area is 139 Å². The lowest BCUT2D eigenvalue weighted by Crippen LogP contribution is -2.33. The maximum Gasteiger partial charge on any atom is 0.141 e. The molecule has 122 valence electrons. The minimum absolute atomic E-state index is 0.0703. The van der Waals surface area contributed by atoms with Gasteiger partial charge in [0.15, 0.2) is 0 Å². The normalized spacial score (nSPS) is 21.0. The van der Waals surface area contributed by atoms with Crippen molar-refractivity contribution in [2.75, 3.05) is 10.6 Å². The van der Waals surface area contributed by atoms with E-state index in [4.69, 9.17) is 17.3 Å². The van der Waals surface area contributed by atoms with Gasteiger partial charge in [-0.3, -0.25) is 0 Å². The van der Waals surface area contributed by atoms with Crippen molar-refractivity contribution in [2.45, 2.75) is 37.8 Å². The van der Waals surface area contributed by atoms with E-state index < -0.39 is 5.82 Å². The number of rotatable bonds is 4. The van der Waals surface area contributed by atoms with Crippen LogP contribution in [-0.4, -0.2) is 22.1 Å². The second-order valence-corrected chi connectivity index (χ2v) is 6.21. The summed E-state index contributed by atoms with van der Waals surface area (Å²) < 4.78 is 13.2. The van der Waals surface area contributed by atoms with Gasteiger partial charge in [-0.05, 0) is 43.9 Å². The van der Waals surface area contributed by atoms with Crippen LogP contribution in [0.3, 0.4) is 0 Å². The number of aromatic nitrogens is 2. The molecule has 0 aliphatic heterocycles. The van der Waals surface area contributed by atoms with Gasteiger partial charge in [-0.15, -0.1) is 0 Å². The fraction of sp³-hybridized carbons (Fsp3) is 0.375. The van der Waals surface area contributed by atoms with E-state index >= 15 is 0 Å². The molecule has 0 saturated heterocycles. The monoisotopic (exact) mass is 335 g/mol. The summed E-state index contributed by atoms with van der Waals surface area (Å²) in [7, 11) is 0. The van der Waals surface area contributed by atoms with Crippen LogP contribution >= 0.6 is 11.6 Å². The molecule has 23 heavy (non-hydrogen) atoms. The Morgan fingerprint density at radius 2 is 1.83 bits per heavy atom. The lowest BCUT2D eigenvalue weighted by molar-refractivity contribution is 0.410. The molecule has 5 nitrogen and oxygen atoms in total. The van der Waals surface area contributed by atoms with Crippen molar-refractivity contribution < 1.29 is 4.39 Å². The Bertz CT molecular complexity index is 673. The summed E-state index contributed by atoms with van der Waals surface area (Å²) in [6.45, 7) is 0. The third kappa shape index (κ3) is 4.30. The Kier molecular flexibility index (Phi) is 4.93. The van der Waals surface area contributed by atoms with E-state index in [1.165, 1.54) is 18.5 Å². The van der Waals surface area contributed by atoms with Crippen molar-refractivity contribution in [3.05, 3.63) is 41.4 Å². The smallest absolute Gasteiger partial charge is 0.141 e. The van der Waals surface area contributed by atoms with Crippen molar-refractivity contribution >= 4 is 28.9 Å². The fourth-order valence-corrected chi connectivity index (χ4v) is 2.88. The number of nitrogens with one attached hydrogen (secondary N) is 2. The third-order valence-electron chi connectivity index (χ3n) is 3.98. The first-order valence-electron chi connectivity index (χ1n) is 7.66. The third-order valence-corrected chi connectivity index (χ3v) is 4.27. The SMILES string of the molecule is NC1CCC(Nc2cc(Nc3ccc(F)c(Cl)c3)ncn2)CC1. The van der Waals surface area contributed by atoms with E-state index in [0.29, 0.717) is 23.6 Å². The van der Waals surface area contributed by atoms with Crippen LogP contribution in [0.2, 0.25) is 5.02 Å². The zero-order valence-electron chi connectivity index (χ0n) is 12.6. The van der Waals surface area contributed by atoms with Gasteiger partial charge in [-0.2, -0.15) is 0 Å². The second-order valence-electron chi connectivity index (χ2n) is 5.80. The van der Waals surface area contributed by atoms with E-state index in [-0.39, 0.29) is 5.02 Å². The molecule has 1 aromatic carbocycles. The average Bonchev–Trinajstić information content (AvgIpc) is 2.54. The van der Waals surface area contributed by atoms with Gasteiger partial charge >= 0.3 is 0 Å². The molecule has 0 unspecified atom stereocenters. The summed E-state index contributed by atoms with van der Waals surface area (Å²) >= 11 is 5.78. The van der Waals surface area contributed by atoms with Crippen LogP contribution < -0.4 is 16.4 Å². The molecule has 1 aliphatic rings. The van der Waals surface area contributed by atoms with Gasteiger partial charge in [0.2, 0.25) is 0 Å². The molecule has 0 spiro atoms. The molecular weight excluding hydrogens is 317 g/mol. The van der Waals surface area contributed by atoms with E-state index in [9.17, 15) is 4.39 Å². The number of halogens is 2. The summed E-state index contributed by atoms with van der Waals surface area (Å²) in [5, 5.41) is 6.58. The molecule has 4 N–H and O–H groups in total. The van der Waals surface area contributed by atoms with Crippen molar-refractivity contribution in [1.29, 1.82) is 0 Å².